The Morgan fingerprint density at radius 1 is 1.29 bits per heavy atom. The molecule has 3 heterocycles. The molecule has 12 heteroatoms. The van der Waals surface area contributed by atoms with Crippen LogP contribution in [0.15, 0.2) is 35.1 Å². The first kappa shape index (κ1) is 24.0. The molecule has 0 unspecified atom stereocenters. The second kappa shape index (κ2) is 9.28. The summed E-state index contributed by atoms with van der Waals surface area (Å²) in [6.45, 7) is 3.86. The van der Waals surface area contributed by atoms with E-state index in [1.165, 1.54) is 35.7 Å². The number of anilines is 1. The van der Waals surface area contributed by atoms with E-state index in [9.17, 15) is 29.4 Å². The monoisotopic (exact) mass is 491 g/mol. The van der Waals surface area contributed by atoms with Crippen LogP contribution in [0.25, 0.3) is 0 Å². The van der Waals surface area contributed by atoms with Crippen LogP contribution in [0.4, 0.5) is 10.5 Å². The zero-order valence-corrected chi connectivity index (χ0v) is 19.2. The van der Waals surface area contributed by atoms with Gasteiger partial charge >= 0.3 is 12.1 Å². The molecule has 5 N–H and O–H groups in total. The van der Waals surface area contributed by atoms with Crippen LogP contribution in [0.2, 0.25) is 0 Å². The number of carboxylic acids is 1. The smallest absolute Gasteiger partial charge is 0.478 e. The van der Waals surface area contributed by atoms with E-state index in [-0.39, 0.29) is 40.5 Å². The van der Waals surface area contributed by atoms with Crippen molar-refractivity contribution in [2.75, 3.05) is 11.9 Å². The largest absolute Gasteiger partial charge is 0.512 e. The number of hydrogen-bond donors (Lipinski definition) is 5. The van der Waals surface area contributed by atoms with Crippen molar-refractivity contribution in [1.29, 1.82) is 0 Å². The molecule has 34 heavy (non-hydrogen) atoms. The molecule has 3 aliphatic heterocycles. The van der Waals surface area contributed by atoms with Crippen LogP contribution in [-0.2, 0) is 14.3 Å². The van der Waals surface area contributed by atoms with Gasteiger partial charge in [0, 0.05) is 23.4 Å². The summed E-state index contributed by atoms with van der Waals surface area (Å²) >= 11 is 1.37. The minimum absolute atomic E-state index is 0.0183. The van der Waals surface area contributed by atoms with Crippen molar-refractivity contribution in [3.8, 4) is 0 Å². The van der Waals surface area contributed by atoms with E-state index in [0.717, 1.165) is 0 Å². The first-order valence-corrected chi connectivity index (χ1v) is 11.7. The number of aliphatic hydroxyl groups excluding tert-OH is 1. The third-order valence-electron chi connectivity index (χ3n) is 6.33. The minimum Gasteiger partial charge on any atom is -0.478 e. The second-order valence-corrected chi connectivity index (χ2v) is 9.95. The van der Waals surface area contributed by atoms with Crippen molar-refractivity contribution in [2.45, 2.75) is 43.7 Å². The van der Waals surface area contributed by atoms with Gasteiger partial charge in [-0.15, -0.1) is 11.8 Å². The zero-order chi connectivity index (χ0) is 24.7. The molecular formula is C22H25N3O8S. The first-order chi connectivity index (χ1) is 16.1. The quantitative estimate of drug-likeness (QED) is 0.279. The van der Waals surface area contributed by atoms with Gasteiger partial charge in [-0.2, -0.15) is 0 Å². The van der Waals surface area contributed by atoms with Gasteiger partial charge in [-0.25, -0.2) is 9.59 Å². The fourth-order valence-electron chi connectivity index (χ4n) is 4.73. The number of benzene rings is 1. The number of rotatable bonds is 7. The predicted octanol–water partition coefficient (Wildman–Crippen LogP) is 1.51. The summed E-state index contributed by atoms with van der Waals surface area (Å²) in [4.78, 5) is 49.5. The van der Waals surface area contributed by atoms with Gasteiger partial charge in [-0.3, -0.25) is 14.5 Å². The highest BCUT2D eigenvalue weighted by molar-refractivity contribution is 8.03. The molecule has 1 aromatic rings. The van der Waals surface area contributed by atoms with Crippen molar-refractivity contribution >= 4 is 41.4 Å². The molecule has 2 saturated heterocycles. The molecule has 0 spiro atoms. The first-order valence-electron chi connectivity index (χ1n) is 10.8. The lowest BCUT2D eigenvalue weighted by Gasteiger charge is -2.45. The van der Waals surface area contributed by atoms with Gasteiger partial charge in [-0.05, 0) is 31.5 Å². The van der Waals surface area contributed by atoms with E-state index in [1.54, 1.807) is 12.1 Å². The molecule has 3 aliphatic rings. The summed E-state index contributed by atoms with van der Waals surface area (Å²) < 4.78 is 4.97. The molecule has 0 aliphatic carbocycles. The Labute approximate surface area is 199 Å². The summed E-state index contributed by atoms with van der Waals surface area (Å²) in [7, 11) is 0. The lowest BCUT2D eigenvalue weighted by Crippen LogP contribution is -2.63. The minimum atomic E-state index is -1.53. The average molecular weight is 492 g/mol. The molecule has 4 rings (SSSR count). The van der Waals surface area contributed by atoms with E-state index in [0.29, 0.717) is 23.6 Å². The number of carboxylic acid groups (broad SMARTS) is 2. The number of hydrogen-bond acceptors (Lipinski definition) is 8. The van der Waals surface area contributed by atoms with E-state index in [4.69, 9.17) is 9.84 Å². The number of carbonyl (C=O) groups excluding carboxylic acids is 2. The van der Waals surface area contributed by atoms with Crippen LogP contribution >= 0.6 is 11.8 Å². The summed E-state index contributed by atoms with van der Waals surface area (Å²) in [5.41, 5.74) is 0.438. The Kier molecular flexibility index (Phi) is 6.56. The van der Waals surface area contributed by atoms with Crippen molar-refractivity contribution in [2.24, 2.45) is 11.8 Å². The molecule has 1 aromatic carbocycles. The maximum Gasteiger partial charge on any atom is 0.512 e. The number of amides is 2. The number of nitrogens with zero attached hydrogens (tertiary/aromatic N) is 1. The SMILES string of the molecule is C[C@@H](O)[C@H]1C(=O)N2C(OC(=O)O)=C(S[C@@H]3CN[C@H](C(=O)Nc4cccc(C(=O)O)c4)C3)[C@H](C)[C@H]12. The van der Waals surface area contributed by atoms with Gasteiger partial charge in [-0.1, -0.05) is 13.0 Å². The van der Waals surface area contributed by atoms with Crippen LogP contribution < -0.4 is 10.6 Å². The van der Waals surface area contributed by atoms with E-state index < -0.39 is 30.2 Å². The van der Waals surface area contributed by atoms with Gasteiger partial charge in [0.25, 0.3) is 0 Å². The molecule has 6 atom stereocenters. The van der Waals surface area contributed by atoms with Crippen LogP contribution in [0.5, 0.6) is 0 Å². The number of fused-ring (bicyclic) bond motifs is 1. The Hall–Kier alpha value is -3.09. The Morgan fingerprint density at radius 2 is 2.03 bits per heavy atom. The summed E-state index contributed by atoms with van der Waals surface area (Å²) in [6, 6.07) is 5.05. The number of nitrogens with one attached hydrogen (secondary N) is 2. The molecule has 2 fully saturated rings. The highest BCUT2D eigenvalue weighted by Crippen LogP contribution is 2.52. The summed E-state index contributed by atoms with van der Waals surface area (Å²) in [6.07, 6.45) is -1.96. The van der Waals surface area contributed by atoms with E-state index in [1.807, 2.05) is 6.92 Å². The van der Waals surface area contributed by atoms with Crippen LogP contribution in [-0.4, -0.2) is 74.1 Å². The molecule has 11 nitrogen and oxygen atoms in total. The maximum absolute atomic E-state index is 12.7. The Bertz CT molecular complexity index is 1070. The Morgan fingerprint density at radius 3 is 2.68 bits per heavy atom. The van der Waals surface area contributed by atoms with Crippen molar-refractivity contribution in [3.05, 3.63) is 40.6 Å². The number of aliphatic hydroxyl groups is 1. The molecule has 182 valence electrons. The number of aromatic carboxylic acids is 1. The number of thioether (sulfide) groups is 1. The predicted molar refractivity (Wildman–Crippen MR) is 121 cm³/mol. The van der Waals surface area contributed by atoms with Gasteiger partial charge in [0.15, 0.2) is 0 Å². The Balaban J connectivity index is 1.44. The fourth-order valence-corrected chi connectivity index (χ4v) is 6.16. The molecule has 0 bridgehead atoms. The topological polar surface area (TPSA) is 166 Å². The van der Waals surface area contributed by atoms with Gasteiger partial charge in [0.2, 0.25) is 17.7 Å². The average Bonchev–Trinajstić information content (AvgIpc) is 3.30. The van der Waals surface area contributed by atoms with Crippen molar-refractivity contribution in [1.82, 2.24) is 10.2 Å². The second-order valence-electron chi connectivity index (χ2n) is 8.60. The fraction of sp³-hybridized carbons (Fsp3) is 0.455. The number of carbonyl (C=O) groups is 4. The number of ether oxygens (including phenoxy) is 1. The van der Waals surface area contributed by atoms with Crippen molar-refractivity contribution < 1.29 is 39.2 Å². The summed E-state index contributed by atoms with van der Waals surface area (Å²) in [5.74, 6) is -2.65. The van der Waals surface area contributed by atoms with Crippen LogP contribution in [0.1, 0.15) is 30.6 Å². The molecule has 0 radical (unpaired) electrons. The molecule has 0 aromatic heterocycles. The van der Waals surface area contributed by atoms with E-state index in [2.05, 4.69) is 10.6 Å². The third kappa shape index (κ3) is 4.36. The summed E-state index contributed by atoms with van der Waals surface area (Å²) in [5, 5.41) is 34.0. The van der Waals surface area contributed by atoms with Crippen molar-refractivity contribution in [3.63, 3.8) is 0 Å². The standard InChI is InChI=1S/C22H25N3O8S/c1-9-16-15(10(2)26)19(28)25(16)20(33-22(31)32)17(9)34-13-7-14(23-8-13)18(27)24-12-5-3-4-11(6-12)21(29)30/h3-6,9-10,13-16,23,26H,7-8H2,1-2H3,(H,24,27)(H,29,30)(H,31,32)/t9-,10-,13+,14+,15-,16-/m1/s1. The van der Waals surface area contributed by atoms with Gasteiger partial charge in [0.1, 0.15) is 0 Å². The van der Waals surface area contributed by atoms with Crippen LogP contribution in [0.3, 0.4) is 0 Å². The molecule has 2 amide bonds. The lowest BCUT2D eigenvalue weighted by molar-refractivity contribution is -0.163. The molecular weight excluding hydrogens is 466 g/mol. The normalized spacial score (nSPS) is 28.9. The molecule has 0 saturated carbocycles. The highest BCUT2D eigenvalue weighted by Gasteiger charge is 2.60. The van der Waals surface area contributed by atoms with Crippen LogP contribution in [0, 0.1) is 11.8 Å². The lowest BCUT2D eigenvalue weighted by atomic mass is 9.79. The maximum atomic E-state index is 12.7. The number of β-lactam (4-membered cyclic amide) rings is 1. The van der Waals surface area contributed by atoms with E-state index >= 15 is 0 Å². The third-order valence-corrected chi connectivity index (χ3v) is 7.82. The highest BCUT2D eigenvalue weighted by atomic mass is 32.2. The zero-order valence-electron chi connectivity index (χ0n) is 18.4. The van der Waals surface area contributed by atoms with Gasteiger partial charge < -0.3 is 30.7 Å². The van der Waals surface area contributed by atoms with Gasteiger partial charge in [0.05, 0.1) is 34.6 Å².